The third kappa shape index (κ3) is 3.88. The molecule has 0 saturated carbocycles. The van der Waals surface area contributed by atoms with E-state index >= 15 is 0 Å². The molecule has 2 rings (SSSR count). The van der Waals surface area contributed by atoms with Crippen LogP contribution in [0, 0.1) is 11.8 Å². The van der Waals surface area contributed by atoms with E-state index in [1.807, 2.05) is 0 Å². The maximum Gasteiger partial charge on any atom is 0.265 e. The molecule has 108 valence electrons. The van der Waals surface area contributed by atoms with Crippen molar-refractivity contribution in [1.82, 2.24) is 15.2 Å². The Morgan fingerprint density at radius 1 is 1.33 bits per heavy atom. The molecule has 1 aromatic heterocycles. The molecule has 0 radical (unpaired) electrons. The minimum atomic E-state index is -3.93. The number of hydrogen-bond acceptors (Lipinski definition) is 6. The summed E-state index contributed by atoms with van der Waals surface area (Å²) in [6.07, 6.45) is 2.62. The van der Waals surface area contributed by atoms with E-state index in [2.05, 4.69) is 31.7 Å². The summed E-state index contributed by atoms with van der Waals surface area (Å²) in [4.78, 5) is 3.59. The molecule has 1 aromatic carbocycles. The number of aliphatic hydroxyl groups excluding tert-OH is 1. The molecule has 1 heterocycles. The summed E-state index contributed by atoms with van der Waals surface area (Å²) in [6.45, 7) is -0.294. The molecule has 21 heavy (non-hydrogen) atoms. The molecular formula is C12H9ClN4O3S. The molecule has 0 fully saturated rings. The van der Waals surface area contributed by atoms with E-state index in [0.29, 0.717) is 5.56 Å². The van der Waals surface area contributed by atoms with Gasteiger partial charge in [0.05, 0.1) is 17.4 Å². The Morgan fingerprint density at radius 2 is 2.14 bits per heavy atom. The molecule has 0 aliphatic carbocycles. The molecule has 0 aliphatic rings. The maximum atomic E-state index is 12.2. The Hall–Kier alpha value is -2.21. The first-order valence-electron chi connectivity index (χ1n) is 5.59. The van der Waals surface area contributed by atoms with Crippen molar-refractivity contribution < 1.29 is 13.5 Å². The number of rotatable bonds is 3. The minimum absolute atomic E-state index is 0.00358. The highest BCUT2D eigenvalue weighted by molar-refractivity contribution is 7.92. The van der Waals surface area contributed by atoms with Gasteiger partial charge in [-0.25, -0.2) is 18.1 Å². The molecule has 0 spiro atoms. The zero-order valence-corrected chi connectivity index (χ0v) is 12.1. The molecule has 0 unspecified atom stereocenters. The SMILES string of the molecule is O=S(=O)(Nc1nccnn1)c1ccc(C#CCO)cc1Cl. The molecule has 2 aromatic rings. The Balaban J connectivity index is 2.32. The zero-order chi connectivity index (χ0) is 15.3. The van der Waals surface area contributed by atoms with Gasteiger partial charge in [-0.3, -0.25) is 0 Å². The second-order valence-corrected chi connectivity index (χ2v) is 5.73. The first-order chi connectivity index (χ1) is 10.0. The fraction of sp³-hybridized carbons (Fsp3) is 0.0833. The highest BCUT2D eigenvalue weighted by Crippen LogP contribution is 2.23. The van der Waals surface area contributed by atoms with Gasteiger partial charge >= 0.3 is 0 Å². The van der Waals surface area contributed by atoms with Crippen LogP contribution in [-0.2, 0) is 10.0 Å². The van der Waals surface area contributed by atoms with Crippen molar-refractivity contribution >= 4 is 27.6 Å². The van der Waals surface area contributed by atoms with E-state index in [4.69, 9.17) is 16.7 Å². The van der Waals surface area contributed by atoms with E-state index in [9.17, 15) is 8.42 Å². The van der Waals surface area contributed by atoms with Gasteiger partial charge in [0, 0.05) is 5.56 Å². The molecule has 9 heteroatoms. The highest BCUT2D eigenvalue weighted by Gasteiger charge is 2.19. The number of aliphatic hydroxyl groups is 1. The van der Waals surface area contributed by atoms with Gasteiger partial charge in [0.2, 0.25) is 0 Å². The van der Waals surface area contributed by atoms with Crippen molar-refractivity contribution in [2.24, 2.45) is 0 Å². The van der Waals surface area contributed by atoms with E-state index in [1.165, 1.54) is 30.6 Å². The maximum absolute atomic E-state index is 12.2. The van der Waals surface area contributed by atoms with Crippen LogP contribution in [-0.4, -0.2) is 35.3 Å². The van der Waals surface area contributed by atoms with Crippen molar-refractivity contribution in [3.63, 3.8) is 0 Å². The molecule has 0 aliphatic heterocycles. The predicted octanol–water partition coefficient (Wildman–Crippen LogP) is 0.670. The zero-order valence-electron chi connectivity index (χ0n) is 10.5. The van der Waals surface area contributed by atoms with Crippen molar-refractivity contribution in [3.05, 3.63) is 41.2 Å². The monoisotopic (exact) mass is 324 g/mol. The summed E-state index contributed by atoms with van der Waals surface area (Å²) in [5.41, 5.74) is 0.491. The van der Waals surface area contributed by atoms with Crippen molar-refractivity contribution in [3.8, 4) is 11.8 Å². The highest BCUT2D eigenvalue weighted by atomic mass is 35.5. The average molecular weight is 325 g/mol. The summed E-state index contributed by atoms with van der Waals surface area (Å²) < 4.78 is 26.5. The van der Waals surface area contributed by atoms with Gasteiger partial charge < -0.3 is 5.11 Å². The number of halogens is 1. The number of benzene rings is 1. The first kappa shape index (κ1) is 15.2. The van der Waals surface area contributed by atoms with Gasteiger partial charge in [0.1, 0.15) is 11.5 Å². The lowest BCUT2D eigenvalue weighted by molar-refractivity contribution is 0.350. The van der Waals surface area contributed by atoms with Gasteiger partial charge in [-0.1, -0.05) is 23.4 Å². The summed E-state index contributed by atoms with van der Waals surface area (Å²) in [6, 6.07) is 4.18. The number of hydrogen-bond donors (Lipinski definition) is 2. The van der Waals surface area contributed by atoms with Crippen LogP contribution >= 0.6 is 11.6 Å². The molecule has 0 amide bonds. The van der Waals surface area contributed by atoms with Crippen LogP contribution < -0.4 is 4.72 Å². The van der Waals surface area contributed by atoms with Gasteiger partial charge in [0.25, 0.3) is 16.0 Å². The molecule has 0 atom stereocenters. The summed E-state index contributed by atoms with van der Waals surface area (Å²) in [5.74, 6) is 4.92. The average Bonchev–Trinajstić information content (AvgIpc) is 2.45. The van der Waals surface area contributed by atoms with E-state index in [-0.39, 0.29) is 22.5 Å². The van der Waals surface area contributed by atoms with Crippen LogP contribution in [0.15, 0.2) is 35.5 Å². The lowest BCUT2D eigenvalue weighted by Gasteiger charge is -2.07. The fourth-order valence-electron chi connectivity index (χ4n) is 1.41. The molecule has 7 nitrogen and oxygen atoms in total. The third-order valence-corrected chi connectivity index (χ3v) is 4.05. The van der Waals surface area contributed by atoms with Gasteiger partial charge in [-0.2, -0.15) is 5.10 Å². The Labute approximate surface area is 126 Å². The van der Waals surface area contributed by atoms with Gasteiger partial charge in [-0.15, -0.1) is 5.10 Å². The molecule has 2 N–H and O–H groups in total. The standard InChI is InChI=1S/C12H9ClN4O3S/c13-10-8-9(2-1-7-18)3-4-11(10)21(19,20)17-12-14-5-6-15-16-12/h3-6,8,18H,7H2,(H,14,16,17). The van der Waals surface area contributed by atoms with Gasteiger partial charge in [0.15, 0.2) is 0 Å². The Morgan fingerprint density at radius 3 is 2.76 bits per heavy atom. The topological polar surface area (TPSA) is 105 Å². The summed E-state index contributed by atoms with van der Waals surface area (Å²) in [5, 5.41) is 15.7. The van der Waals surface area contributed by atoms with E-state index in [1.54, 1.807) is 0 Å². The van der Waals surface area contributed by atoms with Crippen LogP contribution in [0.1, 0.15) is 5.56 Å². The smallest absolute Gasteiger partial charge is 0.265 e. The largest absolute Gasteiger partial charge is 0.384 e. The summed E-state index contributed by atoms with van der Waals surface area (Å²) in [7, 11) is -3.93. The van der Waals surface area contributed by atoms with E-state index in [0.717, 1.165) is 0 Å². The van der Waals surface area contributed by atoms with E-state index < -0.39 is 10.0 Å². The summed E-state index contributed by atoms with van der Waals surface area (Å²) >= 11 is 5.95. The lowest BCUT2D eigenvalue weighted by atomic mass is 10.2. The Kier molecular flexibility index (Phi) is 4.70. The quantitative estimate of drug-likeness (QED) is 0.804. The predicted molar refractivity (Wildman–Crippen MR) is 76.1 cm³/mol. The van der Waals surface area contributed by atoms with Crippen LogP contribution in [0.5, 0.6) is 0 Å². The third-order valence-electron chi connectivity index (χ3n) is 2.24. The number of anilines is 1. The molecule has 0 saturated heterocycles. The Bertz CT molecular complexity index is 800. The normalized spacial score (nSPS) is 10.6. The van der Waals surface area contributed by atoms with Crippen molar-refractivity contribution in [2.75, 3.05) is 11.3 Å². The second kappa shape index (κ2) is 6.49. The fourth-order valence-corrected chi connectivity index (χ4v) is 2.90. The number of nitrogens with zero attached hydrogens (tertiary/aromatic N) is 3. The van der Waals surface area contributed by atoms with Crippen LogP contribution in [0.25, 0.3) is 0 Å². The number of nitrogens with one attached hydrogen (secondary N) is 1. The molecular weight excluding hydrogens is 316 g/mol. The van der Waals surface area contributed by atoms with Crippen molar-refractivity contribution in [2.45, 2.75) is 4.90 Å². The minimum Gasteiger partial charge on any atom is -0.384 e. The second-order valence-electron chi connectivity index (χ2n) is 3.68. The van der Waals surface area contributed by atoms with Crippen molar-refractivity contribution in [1.29, 1.82) is 0 Å². The van der Waals surface area contributed by atoms with Crippen LogP contribution in [0.2, 0.25) is 5.02 Å². The first-order valence-corrected chi connectivity index (χ1v) is 7.45. The van der Waals surface area contributed by atoms with Crippen LogP contribution in [0.3, 0.4) is 0 Å². The van der Waals surface area contributed by atoms with Crippen LogP contribution in [0.4, 0.5) is 5.95 Å². The molecule has 0 bridgehead atoms. The number of aromatic nitrogens is 3. The lowest BCUT2D eigenvalue weighted by Crippen LogP contribution is -2.15. The number of sulfonamides is 1. The van der Waals surface area contributed by atoms with Gasteiger partial charge in [-0.05, 0) is 18.2 Å².